The van der Waals surface area contributed by atoms with Crippen molar-refractivity contribution in [1.82, 2.24) is 15.5 Å². The number of hydrogen-bond donors (Lipinski definition) is 2. The van der Waals surface area contributed by atoms with E-state index in [4.69, 9.17) is 4.52 Å². The maximum atomic E-state index is 13.3. The molecule has 0 radical (unpaired) electrons. The molecular formula is C22H25N3O3. The highest BCUT2D eigenvalue weighted by atomic mass is 16.5. The van der Waals surface area contributed by atoms with Gasteiger partial charge in [-0.05, 0) is 37.3 Å². The van der Waals surface area contributed by atoms with E-state index in [-0.39, 0.29) is 23.6 Å². The van der Waals surface area contributed by atoms with Gasteiger partial charge in [0.05, 0.1) is 22.7 Å². The van der Waals surface area contributed by atoms with E-state index in [1.165, 1.54) is 0 Å². The molecule has 2 N–H and O–H groups in total. The van der Waals surface area contributed by atoms with Crippen LogP contribution in [-0.4, -0.2) is 21.2 Å². The Morgan fingerprint density at radius 2 is 2.07 bits per heavy atom. The molecule has 0 saturated heterocycles. The first-order valence-electron chi connectivity index (χ1n) is 9.88. The summed E-state index contributed by atoms with van der Waals surface area (Å²) in [6.07, 6.45) is 2.83. The third kappa shape index (κ3) is 3.35. The molecule has 2 heterocycles. The molecule has 0 spiro atoms. The predicted molar refractivity (Wildman–Crippen MR) is 106 cm³/mol. The van der Waals surface area contributed by atoms with Crippen LogP contribution in [0, 0.1) is 0 Å². The molecule has 1 saturated carbocycles. The van der Waals surface area contributed by atoms with E-state index < -0.39 is 0 Å². The zero-order valence-corrected chi connectivity index (χ0v) is 16.4. The Labute approximate surface area is 164 Å². The second-order valence-corrected chi connectivity index (χ2v) is 7.76. The Kier molecular flexibility index (Phi) is 4.79. The number of rotatable bonds is 6. The molecule has 6 heteroatoms. The summed E-state index contributed by atoms with van der Waals surface area (Å²) in [5.74, 6) is 0.487. The van der Waals surface area contributed by atoms with Gasteiger partial charge in [-0.2, -0.15) is 0 Å². The van der Waals surface area contributed by atoms with Crippen LogP contribution in [0.3, 0.4) is 0 Å². The monoisotopic (exact) mass is 379 g/mol. The maximum Gasteiger partial charge on any atom is 0.259 e. The number of phenolic OH excluding ortho intramolecular Hbond substituents is 1. The van der Waals surface area contributed by atoms with Crippen molar-refractivity contribution in [2.45, 2.75) is 57.9 Å². The lowest BCUT2D eigenvalue weighted by atomic mass is 9.99. The fraction of sp³-hybridized carbons (Fsp3) is 0.409. The van der Waals surface area contributed by atoms with Gasteiger partial charge in [0, 0.05) is 17.2 Å². The molecule has 4 rings (SSSR count). The summed E-state index contributed by atoms with van der Waals surface area (Å²) in [7, 11) is 0. The van der Waals surface area contributed by atoms with Crippen LogP contribution in [0.5, 0.6) is 5.75 Å². The molecule has 0 aliphatic heterocycles. The van der Waals surface area contributed by atoms with Crippen molar-refractivity contribution < 1.29 is 14.4 Å². The summed E-state index contributed by atoms with van der Waals surface area (Å²) >= 11 is 0. The summed E-state index contributed by atoms with van der Waals surface area (Å²) < 4.78 is 5.47. The number of aromatic hydroxyl groups is 1. The number of benzene rings is 1. The normalized spacial score (nSPS) is 15.1. The number of nitrogens with zero attached hydrogens (tertiary/aromatic N) is 2. The summed E-state index contributed by atoms with van der Waals surface area (Å²) in [5, 5.41) is 18.1. The average molecular weight is 379 g/mol. The van der Waals surface area contributed by atoms with E-state index in [0.29, 0.717) is 34.6 Å². The molecule has 1 amide bonds. The van der Waals surface area contributed by atoms with Gasteiger partial charge >= 0.3 is 0 Å². The van der Waals surface area contributed by atoms with Crippen molar-refractivity contribution in [3.63, 3.8) is 0 Å². The van der Waals surface area contributed by atoms with E-state index >= 15 is 0 Å². The standard InChI is InChI=1S/C22H25N3O3/c1-4-16(14-7-5-6-8-18(14)26)23-21(27)15-11-17(13-9-10-13)24-22-19(15)20(12(2)3)25-28-22/h5-8,11-13,16,26H,4,9-10H2,1-3H3,(H,23,27)/t16-/m1/s1. The number of pyridine rings is 1. The van der Waals surface area contributed by atoms with E-state index in [1.54, 1.807) is 12.1 Å². The number of phenols is 1. The Balaban J connectivity index is 1.75. The first-order valence-corrected chi connectivity index (χ1v) is 9.88. The third-order valence-corrected chi connectivity index (χ3v) is 5.31. The number of para-hydroxylation sites is 1. The van der Waals surface area contributed by atoms with Crippen molar-refractivity contribution >= 4 is 17.0 Å². The molecule has 1 aromatic carbocycles. The summed E-state index contributed by atoms with van der Waals surface area (Å²) in [6, 6.07) is 8.70. The third-order valence-electron chi connectivity index (χ3n) is 5.31. The summed E-state index contributed by atoms with van der Waals surface area (Å²) in [6.45, 7) is 6.02. The highest BCUT2D eigenvalue weighted by Crippen LogP contribution is 2.41. The van der Waals surface area contributed by atoms with Gasteiger partial charge in [0.2, 0.25) is 0 Å². The molecule has 1 fully saturated rings. The molecule has 0 bridgehead atoms. The van der Waals surface area contributed by atoms with Crippen molar-refractivity contribution in [3.05, 3.63) is 52.8 Å². The van der Waals surface area contributed by atoms with Crippen LogP contribution in [0.15, 0.2) is 34.9 Å². The van der Waals surface area contributed by atoms with Gasteiger partial charge in [-0.15, -0.1) is 0 Å². The Bertz CT molecular complexity index is 1020. The largest absolute Gasteiger partial charge is 0.508 e. The zero-order chi connectivity index (χ0) is 19.8. The number of nitrogens with one attached hydrogen (secondary N) is 1. The van der Waals surface area contributed by atoms with Gasteiger partial charge < -0.3 is 14.9 Å². The molecule has 0 unspecified atom stereocenters. The molecule has 1 atom stereocenters. The second-order valence-electron chi connectivity index (χ2n) is 7.76. The highest BCUT2D eigenvalue weighted by Gasteiger charge is 2.30. The van der Waals surface area contributed by atoms with Gasteiger partial charge in [0.15, 0.2) is 0 Å². The van der Waals surface area contributed by atoms with Gasteiger partial charge in [-0.25, -0.2) is 4.98 Å². The lowest BCUT2D eigenvalue weighted by Gasteiger charge is -2.19. The molecule has 146 valence electrons. The van der Waals surface area contributed by atoms with E-state index in [9.17, 15) is 9.90 Å². The first kappa shape index (κ1) is 18.5. The second kappa shape index (κ2) is 7.26. The minimum atomic E-state index is -0.288. The van der Waals surface area contributed by atoms with Crippen molar-refractivity contribution in [2.75, 3.05) is 0 Å². The molecule has 3 aromatic rings. The molecule has 1 aliphatic carbocycles. The number of carbonyl (C=O) groups excluding carboxylic acids is 1. The Hall–Kier alpha value is -2.89. The molecule has 1 aliphatic rings. The number of hydrogen-bond acceptors (Lipinski definition) is 5. The number of carbonyl (C=O) groups is 1. The van der Waals surface area contributed by atoms with Crippen molar-refractivity contribution in [2.24, 2.45) is 0 Å². The van der Waals surface area contributed by atoms with Crippen molar-refractivity contribution in [1.29, 1.82) is 0 Å². The Morgan fingerprint density at radius 1 is 1.32 bits per heavy atom. The van der Waals surface area contributed by atoms with Crippen LogP contribution in [0.2, 0.25) is 0 Å². The predicted octanol–water partition coefficient (Wildman–Crippen LogP) is 4.81. The van der Waals surface area contributed by atoms with E-state index in [2.05, 4.69) is 15.5 Å². The van der Waals surface area contributed by atoms with Gasteiger partial charge in [0.1, 0.15) is 5.75 Å². The minimum absolute atomic E-state index is 0.113. The van der Waals surface area contributed by atoms with Crippen LogP contribution in [0.1, 0.15) is 85.2 Å². The number of fused-ring (bicyclic) bond motifs is 1. The van der Waals surface area contributed by atoms with Crippen LogP contribution < -0.4 is 5.32 Å². The van der Waals surface area contributed by atoms with Crippen LogP contribution in [0.4, 0.5) is 0 Å². The van der Waals surface area contributed by atoms with Gasteiger partial charge in [-0.3, -0.25) is 4.79 Å². The average Bonchev–Trinajstić information content (AvgIpc) is 3.44. The molecular weight excluding hydrogens is 354 g/mol. The lowest BCUT2D eigenvalue weighted by Crippen LogP contribution is -2.28. The fourth-order valence-corrected chi connectivity index (χ4v) is 3.57. The molecule has 28 heavy (non-hydrogen) atoms. The summed E-state index contributed by atoms with van der Waals surface area (Å²) in [5.41, 5.74) is 3.31. The van der Waals surface area contributed by atoms with Crippen molar-refractivity contribution in [3.8, 4) is 5.75 Å². The summed E-state index contributed by atoms with van der Waals surface area (Å²) in [4.78, 5) is 17.9. The van der Waals surface area contributed by atoms with E-state index in [0.717, 1.165) is 24.2 Å². The number of aromatic nitrogens is 2. The lowest BCUT2D eigenvalue weighted by molar-refractivity contribution is 0.0936. The Morgan fingerprint density at radius 3 is 2.71 bits per heavy atom. The van der Waals surface area contributed by atoms with Gasteiger partial charge in [-0.1, -0.05) is 44.1 Å². The van der Waals surface area contributed by atoms with Crippen LogP contribution >= 0.6 is 0 Å². The quantitative estimate of drug-likeness (QED) is 0.642. The van der Waals surface area contributed by atoms with Gasteiger partial charge in [0.25, 0.3) is 11.6 Å². The zero-order valence-electron chi connectivity index (χ0n) is 16.4. The first-order chi connectivity index (χ1) is 13.5. The van der Waals surface area contributed by atoms with Crippen LogP contribution in [0.25, 0.3) is 11.1 Å². The molecule has 6 nitrogen and oxygen atoms in total. The highest BCUT2D eigenvalue weighted by molar-refractivity contribution is 6.06. The number of amides is 1. The fourth-order valence-electron chi connectivity index (χ4n) is 3.57. The smallest absolute Gasteiger partial charge is 0.259 e. The molecule has 2 aromatic heterocycles. The topological polar surface area (TPSA) is 88.3 Å². The minimum Gasteiger partial charge on any atom is -0.508 e. The van der Waals surface area contributed by atoms with E-state index in [1.807, 2.05) is 39.0 Å². The van der Waals surface area contributed by atoms with Crippen LogP contribution in [-0.2, 0) is 0 Å². The maximum absolute atomic E-state index is 13.3. The SMILES string of the molecule is CC[C@@H](NC(=O)c1cc(C2CC2)nc2onc(C(C)C)c12)c1ccccc1O.